The van der Waals surface area contributed by atoms with Crippen LogP contribution in [0.2, 0.25) is 0 Å². The molecule has 18 heavy (non-hydrogen) atoms. The fourth-order valence-corrected chi connectivity index (χ4v) is 2.35. The molecule has 2 rings (SSSR count). The van der Waals surface area contributed by atoms with Gasteiger partial charge in [-0.25, -0.2) is 0 Å². The van der Waals surface area contributed by atoms with Gasteiger partial charge in [0.2, 0.25) is 0 Å². The summed E-state index contributed by atoms with van der Waals surface area (Å²) in [5.41, 5.74) is 7.89. The molecule has 0 spiro atoms. The van der Waals surface area contributed by atoms with Crippen molar-refractivity contribution >= 4 is 11.6 Å². The molecule has 1 aromatic carbocycles. The van der Waals surface area contributed by atoms with Crippen molar-refractivity contribution in [2.45, 2.75) is 44.8 Å². The minimum atomic E-state index is -0.206. The average molecular weight is 248 g/mol. The Labute approximate surface area is 107 Å². The summed E-state index contributed by atoms with van der Waals surface area (Å²) in [5, 5.41) is 12.4. The second-order valence-electron chi connectivity index (χ2n) is 5.07. The summed E-state index contributed by atoms with van der Waals surface area (Å²) >= 11 is 0. The topological polar surface area (TPSA) is 75.4 Å². The zero-order chi connectivity index (χ0) is 13.1. The van der Waals surface area contributed by atoms with Crippen LogP contribution < -0.4 is 11.1 Å². The molecule has 0 bridgehead atoms. The van der Waals surface area contributed by atoms with Crippen LogP contribution in [0.5, 0.6) is 0 Å². The molecule has 0 aliphatic heterocycles. The molecule has 1 aliphatic rings. The van der Waals surface area contributed by atoms with Crippen molar-refractivity contribution in [2.24, 2.45) is 0 Å². The maximum atomic E-state index is 12.1. The first-order chi connectivity index (χ1) is 8.56. The van der Waals surface area contributed by atoms with Crippen LogP contribution in [0, 0.1) is 6.92 Å². The van der Waals surface area contributed by atoms with Crippen LogP contribution in [-0.4, -0.2) is 23.2 Å². The van der Waals surface area contributed by atoms with Gasteiger partial charge >= 0.3 is 0 Å². The SMILES string of the molecule is Cc1ccc(N)c(C(=O)NC2CCC(O)CC2)c1. The fraction of sp³-hybridized carbons (Fsp3) is 0.500. The number of amides is 1. The van der Waals surface area contributed by atoms with Gasteiger partial charge in [0.15, 0.2) is 0 Å². The van der Waals surface area contributed by atoms with Gasteiger partial charge in [-0.1, -0.05) is 11.6 Å². The molecule has 1 aromatic rings. The summed E-state index contributed by atoms with van der Waals surface area (Å²) in [6, 6.07) is 5.61. The fourth-order valence-electron chi connectivity index (χ4n) is 2.35. The third kappa shape index (κ3) is 3.01. The van der Waals surface area contributed by atoms with Crippen LogP contribution in [0.3, 0.4) is 0 Å². The predicted octanol–water partition coefficient (Wildman–Crippen LogP) is 1.61. The number of carbonyl (C=O) groups is 1. The van der Waals surface area contributed by atoms with Crippen molar-refractivity contribution in [1.29, 1.82) is 0 Å². The Morgan fingerprint density at radius 2 is 2.00 bits per heavy atom. The van der Waals surface area contributed by atoms with Crippen molar-refractivity contribution < 1.29 is 9.90 Å². The minimum Gasteiger partial charge on any atom is -0.398 e. The molecule has 1 aliphatic carbocycles. The molecule has 1 amide bonds. The molecule has 0 aromatic heterocycles. The molecular weight excluding hydrogens is 228 g/mol. The number of nitrogens with two attached hydrogens (primary N) is 1. The lowest BCUT2D eigenvalue weighted by atomic mass is 9.93. The highest BCUT2D eigenvalue weighted by molar-refractivity contribution is 5.99. The van der Waals surface area contributed by atoms with Crippen molar-refractivity contribution in [3.63, 3.8) is 0 Å². The smallest absolute Gasteiger partial charge is 0.253 e. The summed E-state index contributed by atoms with van der Waals surface area (Å²) in [7, 11) is 0. The highest BCUT2D eigenvalue weighted by Gasteiger charge is 2.21. The van der Waals surface area contributed by atoms with E-state index in [9.17, 15) is 9.90 Å². The van der Waals surface area contributed by atoms with E-state index < -0.39 is 0 Å². The van der Waals surface area contributed by atoms with Crippen LogP contribution in [0.1, 0.15) is 41.6 Å². The first-order valence-corrected chi connectivity index (χ1v) is 6.41. The molecular formula is C14H20N2O2. The molecule has 1 fully saturated rings. The molecule has 0 unspecified atom stereocenters. The Bertz CT molecular complexity index is 437. The number of hydrogen-bond acceptors (Lipinski definition) is 3. The molecule has 0 heterocycles. The van der Waals surface area contributed by atoms with Gasteiger partial charge in [0.25, 0.3) is 5.91 Å². The number of anilines is 1. The quantitative estimate of drug-likeness (QED) is 0.696. The van der Waals surface area contributed by atoms with E-state index in [1.807, 2.05) is 19.1 Å². The summed E-state index contributed by atoms with van der Waals surface area (Å²) in [5.74, 6) is -0.113. The monoisotopic (exact) mass is 248 g/mol. The van der Waals surface area contributed by atoms with E-state index in [4.69, 9.17) is 5.73 Å². The molecule has 4 N–H and O–H groups in total. The molecule has 98 valence electrons. The molecule has 0 atom stereocenters. The first-order valence-electron chi connectivity index (χ1n) is 6.41. The van der Waals surface area contributed by atoms with E-state index in [-0.39, 0.29) is 18.1 Å². The van der Waals surface area contributed by atoms with E-state index >= 15 is 0 Å². The third-order valence-electron chi connectivity index (χ3n) is 3.49. The average Bonchev–Trinajstić information content (AvgIpc) is 2.35. The summed E-state index contributed by atoms with van der Waals surface area (Å²) < 4.78 is 0. The second-order valence-corrected chi connectivity index (χ2v) is 5.07. The lowest BCUT2D eigenvalue weighted by molar-refractivity contribution is 0.0868. The van der Waals surface area contributed by atoms with Gasteiger partial charge in [-0.2, -0.15) is 0 Å². The Balaban J connectivity index is 2.01. The van der Waals surface area contributed by atoms with Gasteiger partial charge in [0.1, 0.15) is 0 Å². The molecule has 1 saturated carbocycles. The van der Waals surface area contributed by atoms with Crippen molar-refractivity contribution in [3.8, 4) is 0 Å². The standard InChI is InChI=1S/C14H20N2O2/c1-9-2-7-13(15)12(8-9)14(18)16-10-3-5-11(17)6-4-10/h2,7-8,10-11,17H,3-6,15H2,1H3,(H,16,18). The lowest BCUT2D eigenvalue weighted by Gasteiger charge is -2.26. The molecule has 4 heteroatoms. The van der Waals surface area contributed by atoms with E-state index in [2.05, 4.69) is 5.32 Å². The first kappa shape index (κ1) is 12.9. The van der Waals surface area contributed by atoms with Crippen molar-refractivity contribution in [2.75, 3.05) is 5.73 Å². The number of carbonyl (C=O) groups excluding carboxylic acids is 1. The van der Waals surface area contributed by atoms with Gasteiger partial charge < -0.3 is 16.2 Å². The number of rotatable bonds is 2. The Morgan fingerprint density at radius 3 is 2.67 bits per heavy atom. The van der Waals surface area contributed by atoms with E-state index in [1.165, 1.54) is 0 Å². The number of hydrogen-bond donors (Lipinski definition) is 3. The summed E-state index contributed by atoms with van der Waals surface area (Å²) in [6.07, 6.45) is 2.97. The van der Waals surface area contributed by atoms with Gasteiger partial charge in [-0.15, -0.1) is 0 Å². The predicted molar refractivity (Wildman–Crippen MR) is 71.3 cm³/mol. The zero-order valence-corrected chi connectivity index (χ0v) is 10.6. The number of aryl methyl sites for hydroxylation is 1. The van der Waals surface area contributed by atoms with Crippen LogP contribution >= 0.6 is 0 Å². The number of aliphatic hydroxyl groups is 1. The van der Waals surface area contributed by atoms with Gasteiger partial charge in [0, 0.05) is 11.7 Å². The van der Waals surface area contributed by atoms with Crippen molar-refractivity contribution in [3.05, 3.63) is 29.3 Å². The van der Waals surface area contributed by atoms with Gasteiger partial charge in [-0.05, 0) is 44.7 Å². The Morgan fingerprint density at radius 1 is 1.33 bits per heavy atom. The van der Waals surface area contributed by atoms with Crippen LogP contribution in [0.4, 0.5) is 5.69 Å². The zero-order valence-electron chi connectivity index (χ0n) is 10.6. The normalized spacial score (nSPS) is 23.7. The van der Waals surface area contributed by atoms with Crippen LogP contribution in [-0.2, 0) is 0 Å². The van der Waals surface area contributed by atoms with Crippen LogP contribution in [0.25, 0.3) is 0 Å². The molecule has 4 nitrogen and oxygen atoms in total. The maximum Gasteiger partial charge on any atom is 0.253 e. The van der Waals surface area contributed by atoms with Crippen molar-refractivity contribution in [1.82, 2.24) is 5.32 Å². The van der Waals surface area contributed by atoms with Crippen LogP contribution in [0.15, 0.2) is 18.2 Å². The minimum absolute atomic E-state index is 0.113. The lowest BCUT2D eigenvalue weighted by Crippen LogP contribution is -2.38. The second kappa shape index (κ2) is 5.40. The third-order valence-corrected chi connectivity index (χ3v) is 3.49. The summed E-state index contributed by atoms with van der Waals surface area (Å²) in [4.78, 5) is 12.1. The molecule has 0 saturated heterocycles. The van der Waals surface area contributed by atoms with Gasteiger partial charge in [0.05, 0.1) is 11.7 Å². The number of aliphatic hydroxyl groups excluding tert-OH is 1. The van der Waals surface area contributed by atoms with E-state index in [1.54, 1.807) is 6.07 Å². The number of nitrogens with one attached hydrogen (secondary N) is 1. The largest absolute Gasteiger partial charge is 0.398 e. The Hall–Kier alpha value is -1.55. The summed E-state index contributed by atoms with van der Waals surface area (Å²) in [6.45, 7) is 1.94. The number of nitrogen functional groups attached to an aromatic ring is 1. The Kier molecular flexibility index (Phi) is 3.87. The van der Waals surface area contributed by atoms with Gasteiger partial charge in [-0.3, -0.25) is 4.79 Å². The van der Waals surface area contributed by atoms with E-state index in [0.717, 1.165) is 31.2 Å². The molecule has 0 radical (unpaired) electrons. The number of benzene rings is 1. The van der Waals surface area contributed by atoms with E-state index in [0.29, 0.717) is 11.3 Å². The highest BCUT2D eigenvalue weighted by atomic mass is 16.3. The maximum absolute atomic E-state index is 12.1. The highest BCUT2D eigenvalue weighted by Crippen LogP contribution is 2.20.